The van der Waals surface area contributed by atoms with Crippen molar-refractivity contribution in [3.05, 3.63) is 78.1 Å². The molecule has 7 nitrogen and oxygen atoms in total. The molecule has 0 aliphatic carbocycles. The Balaban J connectivity index is 1.30. The molecule has 180 valence electrons. The van der Waals surface area contributed by atoms with E-state index >= 15 is 0 Å². The van der Waals surface area contributed by atoms with Crippen LogP contribution in [0.5, 0.6) is 0 Å². The molecule has 0 spiro atoms. The molecule has 2 N–H and O–H groups in total. The van der Waals surface area contributed by atoms with Gasteiger partial charge in [0, 0.05) is 31.4 Å². The number of piperazine rings is 1. The van der Waals surface area contributed by atoms with Gasteiger partial charge in [0.1, 0.15) is 29.4 Å². The summed E-state index contributed by atoms with van der Waals surface area (Å²) in [6, 6.07) is 14.0. The van der Waals surface area contributed by atoms with Gasteiger partial charge < -0.3 is 20.1 Å². The number of benzene rings is 2. The van der Waals surface area contributed by atoms with Gasteiger partial charge in [0.2, 0.25) is 0 Å². The lowest BCUT2D eigenvalue weighted by molar-refractivity contribution is 0.168. The molecule has 35 heavy (non-hydrogen) atoms. The molecule has 1 saturated heterocycles. The number of anilines is 1. The summed E-state index contributed by atoms with van der Waals surface area (Å²) < 4.78 is 26.5. The van der Waals surface area contributed by atoms with Gasteiger partial charge in [-0.1, -0.05) is 12.1 Å². The quantitative estimate of drug-likeness (QED) is 0.440. The van der Waals surface area contributed by atoms with Gasteiger partial charge in [-0.25, -0.2) is 23.5 Å². The fourth-order valence-electron chi connectivity index (χ4n) is 4.52. The number of rotatable bonds is 4. The minimum absolute atomic E-state index is 0.0512. The van der Waals surface area contributed by atoms with E-state index in [4.69, 9.17) is 0 Å². The van der Waals surface area contributed by atoms with Crippen LogP contribution in [0.3, 0.4) is 0 Å². The number of aromatic nitrogens is 3. The lowest BCUT2D eigenvalue weighted by atomic mass is 10.1. The predicted molar refractivity (Wildman–Crippen MR) is 131 cm³/mol. The van der Waals surface area contributed by atoms with E-state index in [1.165, 1.54) is 30.6 Å². The van der Waals surface area contributed by atoms with Crippen molar-refractivity contribution in [1.29, 1.82) is 0 Å². The first-order valence-corrected chi connectivity index (χ1v) is 11.6. The van der Waals surface area contributed by atoms with E-state index in [1.54, 1.807) is 24.3 Å². The predicted octanol–water partition coefficient (Wildman–Crippen LogP) is 4.88. The van der Waals surface area contributed by atoms with Gasteiger partial charge in [-0.2, -0.15) is 0 Å². The first kappa shape index (κ1) is 22.8. The van der Waals surface area contributed by atoms with E-state index in [2.05, 4.69) is 25.2 Å². The Labute approximate surface area is 201 Å². The largest absolute Gasteiger partial charge is 0.352 e. The molecule has 2 amide bonds. The molecule has 0 radical (unpaired) electrons. The lowest BCUT2D eigenvalue weighted by Gasteiger charge is -2.40. The van der Waals surface area contributed by atoms with E-state index in [0.717, 1.165) is 28.0 Å². The Morgan fingerprint density at radius 2 is 1.74 bits per heavy atom. The van der Waals surface area contributed by atoms with Crippen LogP contribution in [0.2, 0.25) is 0 Å². The number of amides is 2. The molecule has 4 aromatic rings. The highest BCUT2D eigenvalue weighted by Gasteiger charge is 2.30. The molecule has 0 saturated carbocycles. The molecule has 2 aromatic carbocycles. The molecule has 1 aliphatic rings. The van der Waals surface area contributed by atoms with Crippen LogP contribution in [-0.2, 0) is 0 Å². The maximum atomic E-state index is 13.3. The number of fused-ring (bicyclic) bond motifs is 1. The number of hydrogen-bond donors (Lipinski definition) is 2. The van der Waals surface area contributed by atoms with E-state index in [0.29, 0.717) is 25.3 Å². The number of carbonyl (C=O) groups excluding carboxylic acids is 1. The summed E-state index contributed by atoms with van der Waals surface area (Å²) in [5, 5.41) is 3.89. The third-order valence-corrected chi connectivity index (χ3v) is 6.46. The number of halogens is 2. The van der Waals surface area contributed by atoms with Crippen molar-refractivity contribution < 1.29 is 13.6 Å². The second-order valence-corrected chi connectivity index (χ2v) is 8.86. The van der Waals surface area contributed by atoms with E-state index in [9.17, 15) is 13.6 Å². The average Bonchev–Trinajstić information content (AvgIpc) is 3.29. The SMILES string of the molecule is CC(NC(=O)N1CCN(c2ncnc3[nH]c(-c4ccc(F)cc4)cc23)C[C@H]1C)c1ccc(F)cc1. The van der Waals surface area contributed by atoms with Crippen LogP contribution in [0, 0.1) is 11.6 Å². The van der Waals surface area contributed by atoms with E-state index in [1.807, 2.05) is 24.8 Å². The second-order valence-electron chi connectivity index (χ2n) is 8.86. The number of nitrogens with zero attached hydrogens (tertiary/aromatic N) is 4. The van der Waals surface area contributed by atoms with Crippen LogP contribution in [0.25, 0.3) is 22.3 Å². The first-order valence-electron chi connectivity index (χ1n) is 11.6. The van der Waals surface area contributed by atoms with Gasteiger partial charge in [-0.05, 0) is 67.4 Å². The summed E-state index contributed by atoms with van der Waals surface area (Å²) in [6.45, 7) is 5.65. The zero-order chi connectivity index (χ0) is 24.5. The third-order valence-electron chi connectivity index (χ3n) is 6.46. The van der Waals surface area contributed by atoms with Crippen LogP contribution < -0.4 is 10.2 Å². The minimum Gasteiger partial charge on any atom is -0.352 e. The lowest BCUT2D eigenvalue weighted by Crippen LogP contribution is -2.57. The number of carbonyl (C=O) groups is 1. The van der Waals surface area contributed by atoms with Crippen molar-refractivity contribution in [2.75, 3.05) is 24.5 Å². The van der Waals surface area contributed by atoms with Crippen molar-refractivity contribution >= 4 is 22.9 Å². The molecule has 3 heterocycles. The smallest absolute Gasteiger partial charge is 0.318 e. The molecule has 1 unspecified atom stereocenters. The van der Waals surface area contributed by atoms with Crippen LogP contribution in [0.4, 0.5) is 19.4 Å². The maximum absolute atomic E-state index is 13.3. The van der Waals surface area contributed by atoms with Crippen LogP contribution in [0.15, 0.2) is 60.9 Å². The molecule has 5 rings (SSSR count). The normalized spacial score (nSPS) is 17.0. The van der Waals surface area contributed by atoms with E-state index < -0.39 is 0 Å². The highest BCUT2D eigenvalue weighted by Crippen LogP contribution is 2.30. The highest BCUT2D eigenvalue weighted by atomic mass is 19.1. The van der Waals surface area contributed by atoms with Gasteiger partial charge in [-0.3, -0.25) is 0 Å². The summed E-state index contributed by atoms with van der Waals surface area (Å²) >= 11 is 0. The fourth-order valence-corrected chi connectivity index (χ4v) is 4.52. The zero-order valence-corrected chi connectivity index (χ0v) is 19.5. The number of hydrogen-bond acceptors (Lipinski definition) is 4. The molecule has 2 atom stereocenters. The van der Waals surface area contributed by atoms with Crippen molar-refractivity contribution in [2.45, 2.75) is 25.9 Å². The Morgan fingerprint density at radius 3 is 2.43 bits per heavy atom. The van der Waals surface area contributed by atoms with Crippen LogP contribution in [0.1, 0.15) is 25.5 Å². The van der Waals surface area contributed by atoms with Crippen molar-refractivity contribution in [1.82, 2.24) is 25.2 Å². The Bertz CT molecular complexity index is 1340. The van der Waals surface area contributed by atoms with Crippen molar-refractivity contribution in [3.63, 3.8) is 0 Å². The minimum atomic E-state index is -0.303. The summed E-state index contributed by atoms with van der Waals surface area (Å²) in [6.07, 6.45) is 1.52. The maximum Gasteiger partial charge on any atom is 0.318 e. The zero-order valence-electron chi connectivity index (χ0n) is 19.5. The van der Waals surface area contributed by atoms with Gasteiger partial charge in [-0.15, -0.1) is 0 Å². The number of H-pyrrole nitrogens is 1. The standard InChI is InChI=1S/C26H26F2N6O/c1-16-14-33(11-12-34(16)26(35)31-17(2)18-3-7-20(27)8-4-18)25-22-13-23(32-24(22)29-15-30-25)19-5-9-21(28)10-6-19/h3-10,13,15-17H,11-12,14H2,1-2H3,(H,31,35)(H,29,30,32)/t16-,17?/m1/s1. The monoisotopic (exact) mass is 476 g/mol. The first-order chi connectivity index (χ1) is 16.9. The van der Waals surface area contributed by atoms with Gasteiger partial charge >= 0.3 is 6.03 Å². The molecular weight excluding hydrogens is 450 g/mol. The molecule has 9 heteroatoms. The highest BCUT2D eigenvalue weighted by molar-refractivity contribution is 5.92. The van der Waals surface area contributed by atoms with Gasteiger partial charge in [0.05, 0.1) is 11.4 Å². The molecule has 0 bridgehead atoms. The van der Waals surface area contributed by atoms with Crippen LogP contribution in [-0.4, -0.2) is 51.6 Å². The van der Waals surface area contributed by atoms with Crippen molar-refractivity contribution in [2.24, 2.45) is 0 Å². The molecule has 2 aromatic heterocycles. The number of aromatic amines is 1. The van der Waals surface area contributed by atoms with Gasteiger partial charge in [0.15, 0.2) is 0 Å². The Kier molecular flexibility index (Phi) is 6.07. The second kappa shape index (κ2) is 9.32. The summed E-state index contributed by atoms with van der Waals surface area (Å²) in [4.78, 5) is 29.1. The van der Waals surface area contributed by atoms with Crippen molar-refractivity contribution in [3.8, 4) is 11.3 Å². The number of urea groups is 1. The van der Waals surface area contributed by atoms with Crippen LogP contribution >= 0.6 is 0 Å². The Hall–Kier alpha value is -4.01. The fraction of sp³-hybridized carbons (Fsp3) is 0.269. The molecule has 1 fully saturated rings. The Morgan fingerprint density at radius 1 is 1.06 bits per heavy atom. The molecular formula is C26H26F2N6O. The number of nitrogens with one attached hydrogen (secondary N) is 2. The third kappa shape index (κ3) is 4.66. The summed E-state index contributed by atoms with van der Waals surface area (Å²) in [5.74, 6) is 0.211. The van der Waals surface area contributed by atoms with E-state index in [-0.39, 0.29) is 29.7 Å². The van der Waals surface area contributed by atoms with Gasteiger partial charge in [0.25, 0.3) is 0 Å². The summed E-state index contributed by atoms with van der Waals surface area (Å²) in [7, 11) is 0. The topological polar surface area (TPSA) is 77.2 Å². The average molecular weight is 477 g/mol. The molecule has 1 aliphatic heterocycles. The summed E-state index contributed by atoms with van der Waals surface area (Å²) in [5.41, 5.74) is 3.25.